The molecule has 1 heterocycles. The summed E-state index contributed by atoms with van der Waals surface area (Å²) >= 11 is 0. The number of ketones is 1. The Bertz CT molecular complexity index is 828. The van der Waals surface area contributed by atoms with Crippen LogP contribution < -0.4 is 0 Å². The quantitative estimate of drug-likeness (QED) is 0.500. The Hall–Kier alpha value is -2.46. The van der Waals surface area contributed by atoms with Gasteiger partial charge in [-0.2, -0.15) is 0 Å². The molecule has 3 rings (SSSR count). The zero-order valence-electron chi connectivity index (χ0n) is 15.6. The van der Waals surface area contributed by atoms with E-state index in [1.807, 2.05) is 6.07 Å². The first-order valence-corrected chi connectivity index (χ1v) is 9.47. The smallest absolute Gasteiger partial charge is 0.195 e. The average Bonchev–Trinajstić information content (AvgIpc) is 2.89. The van der Waals surface area contributed by atoms with Gasteiger partial charge in [0.05, 0.1) is 18.7 Å². The second kappa shape index (κ2) is 7.42. The van der Waals surface area contributed by atoms with Gasteiger partial charge in [0, 0.05) is 18.1 Å². The van der Waals surface area contributed by atoms with E-state index in [2.05, 4.69) is 23.5 Å². The van der Waals surface area contributed by atoms with E-state index in [0.717, 1.165) is 48.9 Å². The lowest BCUT2D eigenvalue weighted by Gasteiger charge is -2.30. The Morgan fingerprint density at radius 2 is 1.73 bits per heavy atom. The summed E-state index contributed by atoms with van der Waals surface area (Å²) < 4.78 is 0. The van der Waals surface area contributed by atoms with Gasteiger partial charge in [-0.15, -0.1) is 0 Å². The molecular formula is C22H25N3O. The molecule has 0 unspecified atom stereocenters. The van der Waals surface area contributed by atoms with Crippen LogP contribution in [-0.2, 0) is 11.2 Å². The first-order chi connectivity index (χ1) is 12.4. The lowest BCUT2D eigenvalue weighted by atomic mass is 9.83. The number of hydrogen-bond donors (Lipinski definition) is 0. The molecule has 0 spiro atoms. The molecule has 1 aliphatic heterocycles. The number of fused-ring (bicyclic) bond motifs is 1. The van der Waals surface area contributed by atoms with Crippen molar-refractivity contribution in [2.75, 3.05) is 0 Å². The Morgan fingerprint density at radius 3 is 2.35 bits per heavy atom. The molecule has 0 N–H and O–H groups in total. The predicted molar refractivity (Wildman–Crippen MR) is 104 cm³/mol. The van der Waals surface area contributed by atoms with Gasteiger partial charge in [0.2, 0.25) is 0 Å². The van der Waals surface area contributed by atoms with Gasteiger partial charge < -0.3 is 0 Å². The summed E-state index contributed by atoms with van der Waals surface area (Å²) in [6.45, 7) is 18.8. The highest BCUT2D eigenvalue weighted by atomic mass is 16.1. The highest BCUT2D eigenvalue weighted by molar-refractivity contribution is 6.13. The van der Waals surface area contributed by atoms with Crippen LogP contribution in [-0.4, -0.2) is 17.0 Å². The van der Waals surface area contributed by atoms with Crippen LogP contribution in [0.15, 0.2) is 17.1 Å². The average molecular weight is 347 g/mol. The van der Waals surface area contributed by atoms with Crippen LogP contribution >= 0.6 is 0 Å². The molecule has 0 radical (unpaired) electrons. The van der Waals surface area contributed by atoms with Gasteiger partial charge >= 0.3 is 0 Å². The maximum atomic E-state index is 12.9. The van der Waals surface area contributed by atoms with Gasteiger partial charge in [0.25, 0.3) is 0 Å². The number of hydrogen-bond acceptors (Lipinski definition) is 2. The molecule has 1 saturated carbocycles. The third kappa shape index (κ3) is 3.86. The van der Waals surface area contributed by atoms with Crippen molar-refractivity contribution in [3.05, 3.63) is 46.1 Å². The summed E-state index contributed by atoms with van der Waals surface area (Å²) in [5, 5.41) is 0. The van der Waals surface area contributed by atoms with Crippen molar-refractivity contribution in [2.24, 2.45) is 10.9 Å². The molecule has 1 aromatic carbocycles. The number of carbonyl (C=O) groups is 1. The Balaban J connectivity index is 1.94. The topological polar surface area (TPSA) is 38.1 Å². The maximum Gasteiger partial charge on any atom is 0.195 e. The molecule has 0 bridgehead atoms. The van der Waals surface area contributed by atoms with Crippen LogP contribution in [0.2, 0.25) is 0 Å². The SMILES string of the molecule is [C-]#[N+]c1cc2c(cc1[N+]#[C-])C(CC(=O)C1CCCCCC1)=NC(C)(C)C2. The molecule has 0 amide bonds. The monoisotopic (exact) mass is 347 g/mol. The molecule has 26 heavy (non-hydrogen) atoms. The largest absolute Gasteiger partial charge is 0.299 e. The van der Waals surface area contributed by atoms with Crippen LogP contribution in [0, 0.1) is 19.1 Å². The number of carbonyl (C=O) groups excluding carboxylic acids is 1. The molecule has 134 valence electrons. The van der Waals surface area contributed by atoms with E-state index in [1.165, 1.54) is 12.8 Å². The fourth-order valence-electron chi connectivity index (χ4n) is 4.19. The molecule has 1 fully saturated rings. The number of Topliss-reactive ketones (excluding diaryl/α,β-unsaturated/α-hetero) is 1. The Kier molecular flexibility index (Phi) is 5.23. The zero-order valence-corrected chi connectivity index (χ0v) is 15.6. The number of nitrogens with zero attached hydrogens (tertiary/aromatic N) is 3. The summed E-state index contributed by atoms with van der Waals surface area (Å²) in [5.41, 5.74) is 3.19. The van der Waals surface area contributed by atoms with E-state index >= 15 is 0 Å². The van der Waals surface area contributed by atoms with Gasteiger partial charge in [0.1, 0.15) is 5.78 Å². The molecule has 0 atom stereocenters. The normalized spacial score (nSPS) is 19.5. The van der Waals surface area contributed by atoms with Crippen molar-refractivity contribution in [1.82, 2.24) is 0 Å². The molecule has 4 nitrogen and oxygen atoms in total. The van der Waals surface area contributed by atoms with E-state index in [1.54, 1.807) is 6.07 Å². The summed E-state index contributed by atoms with van der Waals surface area (Å²) in [4.78, 5) is 24.8. The van der Waals surface area contributed by atoms with Crippen LogP contribution in [0.3, 0.4) is 0 Å². The van der Waals surface area contributed by atoms with Crippen molar-refractivity contribution in [3.63, 3.8) is 0 Å². The highest BCUT2D eigenvalue weighted by Crippen LogP contribution is 2.37. The second-order valence-corrected chi connectivity index (χ2v) is 8.10. The van der Waals surface area contributed by atoms with Crippen molar-refractivity contribution in [2.45, 2.75) is 70.8 Å². The van der Waals surface area contributed by atoms with Gasteiger partial charge in [0.15, 0.2) is 11.4 Å². The van der Waals surface area contributed by atoms with E-state index < -0.39 is 0 Å². The van der Waals surface area contributed by atoms with Crippen LogP contribution in [0.1, 0.15) is 69.9 Å². The lowest BCUT2D eigenvalue weighted by molar-refractivity contribution is -0.122. The molecule has 0 saturated heterocycles. The van der Waals surface area contributed by atoms with Crippen molar-refractivity contribution >= 4 is 22.9 Å². The number of benzene rings is 1. The van der Waals surface area contributed by atoms with Crippen molar-refractivity contribution in [1.29, 1.82) is 0 Å². The first-order valence-electron chi connectivity index (χ1n) is 9.47. The van der Waals surface area contributed by atoms with E-state index in [4.69, 9.17) is 18.1 Å². The van der Waals surface area contributed by atoms with Gasteiger partial charge in [-0.3, -0.25) is 19.5 Å². The van der Waals surface area contributed by atoms with Crippen LogP contribution in [0.5, 0.6) is 0 Å². The number of rotatable bonds is 3. The molecule has 2 aliphatic rings. The summed E-state index contributed by atoms with van der Waals surface area (Å²) in [6.07, 6.45) is 7.80. The van der Waals surface area contributed by atoms with Gasteiger partial charge in [-0.25, -0.2) is 0 Å². The molecular weight excluding hydrogens is 322 g/mol. The van der Waals surface area contributed by atoms with Crippen LogP contribution in [0.25, 0.3) is 9.69 Å². The Labute approximate surface area is 156 Å². The summed E-state index contributed by atoms with van der Waals surface area (Å²) in [5.74, 6) is 0.435. The van der Waals surface area contributed by atoms with Crippen LogP contribution in [0.4, 0.5) is 11.4 Å². The van der Waals surface area contributed by atoms with Crippen molar-refractivity contribution in [3.8, 4) is 0 Å². The maximum absolute atomic E-state index is 12.9. The van der Waals surface area contributed by atoms with E-state index in [-0.39, 0.29) is 17.2 Å². The third-order valence-corrected chi connectivity index (χ3v) is 5.47. The molecule has 1 aliphatic carbocycles. The second-order valence-electron chi connectivity index (χ2n) is 8.10. The minimum absolute atomic E-state index is 0.150. The minimum Gasteiger partial charge on any atom is -0.299 e. The standard InChI is InChI=1S/C22H25N3O/c1-22(2)14-16-11-19(23-3)20(24-4)12-17(16)18(25-22)13-21(26)15-9-7-5-6-8-10-15/h11-12,15H,5-10,13-14H2,1-2H3. The van der Waals surface area contributed by atoms with E-state index in [9.17, 15) is 4.79 Å². The molecule has 4 heteroatoms. The molecule has 0 aromatic heterocycles. The van der Waals surface area contributed by atoms with Gasteiger partial charge in [-0.1, -0.05) is 37.8 Å². The fraction of sp³-hybridized carbons (Fsp3) is 0.545. The van der Waals surface area contributed by atoms with Gasteiger partial charge in [-0.05, 0) is 44.2 Å². The highest BCUT2D eigenvalue weighted by Gasteiger charge is 2.30. The summed E-state index contributed by atoms with van der Waals surface area (Å²) in [6, 6.07) is 3.59. The Morgan fingerprint density at radius 1 is 1.12 bits per heavy atom. The van der Waals surface area contributed by atoms with Crippen molar-refractivity contribution < 1.29 is 4.79 Å². The van der Waals surface area contributed by atoms with E-state index in [0.29, 0.717) is 17.8 Å². The minimum atomic E-state index is -0.287. The zero-order chi connectivity index (χ0) is 18.7. The third-order valence-electron chi connectivity index (χ3n) is 5.47. The fourth-order valence-corrected chi connectivity index (χ4v) is 4.19. The first kappa shape index (κ1) is 18.3. The predicted octanol–water partition coefficient (Wildman–Crippen LogP) is 5.84. The number of aliphatic imine (C=N–C) groups is 1. The lowest BCUT2D eigenvalue weighted by Crippen LogP contribution is -2.31. The summed E-state index contributed by atoms with van der Waals surface area (Å²) in [7, 11) is 0. The molecule has 1 aromatic rings.